The monoisotopic (exact) mass is 267 g/mol. The zero-order valence-electron chi connectivity index (χ0n) is 13.4. The lowest BCUT2D eigenvalue weighted by molar-refractivity contribution is -0.0959. The van der Waals surface area contributed by atoms with E-state index in [4.69, 9.17) is 4.74 Å². The largest absolute Gasteiger partial charge is 0.374 e. The second kappa shape index (κ2) is 8.06. The van der Waals surface area contributed by atoms with Crippen molar-refractivity contribution in [2.75, 3.05) is 13.2 Å². The van der Waals surface area contributed by atoms with Crippen LogP contribution in [0.5, 0.6) is 0 Å². The SMILES string of the molecule is C=C(C)CC(NCCC)C1(OCC)CCC(C)CC1. The van der Waals surface area contributed by atoms with E-state index in [2.05, 4.69) is 39.6 Å². The van der Waals surface area contributed by atoms with Crippen LogP contribution in [-0.4, -0.2) is 24.8 Å². The Labute approximate surface area is 120 Å². The highest BCUT2D eigenvalue weighted by Gasteiger charge is 2.41. The third-order valence-electron chi connectivity index (χ3n) is 4.38. The van der Waals surface area contributed by atoms with Crippen LogP contribution >= 0.6 is 0 Å². The molecule has 0 bridgehead atoms. The minimum absolute atomic E-state index is 0.0371. The van der Waals surface area contributed by atoms with Crippen LogP contribution < -0.4 is 5.32 Å². The Morgan fingerprint density at radius 1 is 1.37 bits per heavy atom. The van der Waals surface area contributed by atoms with Crippen molar-refractivity contribution < 1.29 is 4.74 Å². The summed E-state index contributed by atoms with van der Waals surface area (Å²) in [4.78, 5) is 0. The third-order valence-corrected chi connectivity index (χ3v) is 4.38. The van der Waals surface area contributed by atoms with E-state index in [0.717, 1.165) is 25.5 Å². The molecule has 1 aliphatic carbocycles. The maximum atomic E-state index is 6.28. The Morgan fingerprint density at radius 2 is 2.00 bits per heavy atom. The molecule has 1 N–H and O–H groups in total. The van der Waals surface area contributed by atoms with Crippen molar-refractivity contribution in [2.45, 2.75) is 77.9 Å². The van der Waals surface area contributed by atoms with Gasteiger partial charge in [0.15, 0.2) is 0 Å². The summed E-state index contributed by atoms with van der Waals surface area (Å²) in [5, 5.41) is 3.73. The van der Waals surface area contributed by atoms with E-state index >= 15 is 0 Å². The quantitative estimate of drug-likeness (QED) is 0.662. The average molecular weight is 267 g/mol. The van der Waals surface area contributed by atoms with E-state index in [9.17, 15) is 0 Å². The molecule has 112 valence electrons. The molecule has 0 saturated heterocycles. The van der Waals surface area contributed by atoms with Gasteiger partial charge in [-0.25, -0.2) is 0 Å². The molecule has 0 heterocycles. The van der Waals surface area contributed by atoms with Gasteiger partial charge in [-0.2, -0.15) is 0 Å². The lowest BCUT2D eigenvalue weighted by Gasteiger charge is -2.45. The van der Waals surface area contributed by atoms with Crippen LogP contribution in [0.15, 0.2) is 12.2 Å². The van der Waals surface area contributed by atoms with Gasteiger partial charge in [-0.3, -0.25) is 0 Å². The lowest BCUT2D eigenvalue weighted by atomic mass is 9.73. The van der Waals surface area contributed by atoms with Crippen molar-refractivity contribution in [2.24, 2.45) is 5.92 Å². The summed E-state index contributed by atoms with van der Waals surface area (Å²) in [6.07, 6.45) is 7.17. The van der Waals surface area contributed by atoms with Crippen molar-refractivity contribution in [1.82, 2.24) is 5.32 Å². The summed E-state index contributed by atoms with van der Waals surface area (Å²) in [7, 11) is 0. The fourth-order valence-electron chi connectivity index (χ4n) is 3.24. The molecule has 1 rings (SSSR count). The molecular formula is C17H33NO. The summed E-state index contributed by atoms with van der Waals surface area (Å²) in [5.74, 6) is 0.852. The number of hydrogen-bond acceptors (Lipinski definition) is 2. The van der Waals surface area contributed by atoms with Crippen LogP contribution in [0.4, 0.5) is 0 Å². The number of ether oxygens (including phenoxy) is 1. The molecule has 0 aromatic rings. The van der Waals surface area contributed by atoms with Gasteiger partial charge in [0.25, 0.3) is 0 Å². The number of nitrogens with one attached hydrogen (secondary N) is 1. The first-order valence-electron chi connectivity index (χ1n) is 8.05. The Kier molecular flexibility index (Phi) is 7.09. The zero-order valence-corrected chi connectivity index (χ0v) is 13.4. The Morgan fingerprint density at radius 3 is 2.47 bits per heavy atom. The van der Waals surface area contributed by atoms with Gasteiger partial charge in [0, 0.05) is 12.6 Å². The lowest BCUT2D eigenvalue weighted by Crippen LogP contribution is -2.54. The molecule has 0 spiro atoms. The summed E-state index contributed by atoms with van der Waals surface area (Å²) in [6.45, 7) is 14.8. The molecule has 1 aliphatic rings. The highest BCUT2D eigenvalue weighted by atomic mass is 16.5. The summed E-state index contributed by atoms with van der Waals surface area (Å²) >= 11 is 0. The van der Waals surface area contributed by atoms with E-state index < -0.39 is 0 Å². The molecular weight excluding hydrogens is 234 g/mol. The second-order valence-electron chi connectivity index (χ2n) is 6.35. The van der Waals surface area contributed by atoms with Gasteiger partial charge >= 0.3 is 0 Å². The van der Waals surface area contributed by atoms with Gasteiger partial charge < -0.3 is 10.1 Å². The summed E-state index contributed by atoms with van der Waals surface area (Å²) < 4.78 is 6.28. The molecule has 2 nitrogen and oxygen atoms in total. The highest BCUT2D eigenvalue weighted by Crippen LogP contribution is 2.38. The van der Waals surface area contributed by atoms with Gasteiger partial charge in [-0.15, -0.1) is 6.58 Å². The second-order valence-corrected chi connectivity index (χ2v) is 6.35. The van der Waals surface area contributed by atoms with Gasteiger partial charge in [0.1, 0.15) is 0 Å². The van der Waals surface area contributed by atoms with Gasteiger partial charge in [-0.05, 0) is 64.8 Å². The first-order valence-corrected chi connectivity index (χ1v) is 8.05. The Hall–Kier alpha value is -0.340. The van der Waals surface area contributed by atoms with Crippen molar-refractivity contribution in [1.29, 1.82) is 0 Å². The third kappa shape index (κ3) is 4.92. The fourth-order valence-corrected chi connectivity index (χ4v) is 3.24. The maximum Gasteiger partial charge on any atom is 0.0837 e. The highest BCUT2D eigenvalue weighted by molar-refractivity contribution is 5.03. The Balaban J connectivity index is 2.80. The van der Waals surface area contributed by atoms with Crippen molar-refractivity contribution >= 4 is 0 Å². The van der Waals surface area contributed by atoms with Crippen molar-refractivity contribution in [3.05, 3.63) is 12.2 Å². The molecule has 1 atom stereocenters. The van der Waals surface area contributed by atoms with Crippen molar-refractivity contribution in [3.63, 3.8) is 0 Å². The number of rotatable bonds is 8. The molecule has 0 aromatic heterocycles. The van der Waals surface area contributed by atoms with Crippen LogP contribution in [0, 0.1) is 5.92 Å². The van der Waals surface area contributed by atoms with Crippen LogP contribution in [0.2, 0.25) is 0 Å². The molecule has 0 aliphatic heterocycles. The molecule has 0 radical (unpaired) electrons. The van der Waals surface area contributed by atoms with Gasteiger partial charge in [-0.1, -0.05) is 19.4 Å². The van der Waals surface area contributed by atoms with Crippen LogP contribution in [-0.2, 0) is 4.74 Å². The smallest absolute Gasteiger partial charge is 0.0837 e. The zero-order chi connectivity index (χ0) is 14.3. The van der Waals surface area contributed by atoms with Crippen molar-refractivity contribution in [3.8, 4) is 0 Å². The summed E-state index contributed by atoms with van der Waals surface area (Å²) in [6, 6.07) is 0.428. The Bertz CT molecular complexity index is 266. The molecule has 0 amide bonds. The fraction of sp³-hybridized carbons (Fsp3) is 0.882. The first-order chi connectivity index (χ1) is 9.04. The first kappa shape index (κ1) is 16.7. The number of hydrogen-bond donors (Lipinski definition) is 1. The average Bonchev–Trinajstić information content (AvgIpc) is 2.37. The van der Waals surface area contributed by atoms with Crippen LogP contribution in [0.3, 0.4) is 0 Å². The van der Waals surface area contributed by atoms with E-state index in [-0.39, 0.29) is 5.60 Å². The topological polar surface area (TPSA) is 21.3 Å². The minimum atomic E-state index is 0.0371. The van der Waals surface area contributed by atoms with E-state index in [1.807, 2.05) is 0 Å². The molecule has 1 unspecified atom stereocenters. The van der Waals surface area contributed by atoms with Gasteiger partial charge in [0.05, 0.1) is 5.60 Å². The molecule has 0 aromatic carbocycles. The molecule has 1 fully saturated rings. The van der Waals surface area contributed by atoms with Crippen LogP contribution in [0.1, 0.15) is 66.2 Å². The minimum Gasteiger partial charge on any atom is -0.374 e. The predicted molar refractivity (Wildman–Crippen MR) is 83.5 cm³/mol. The predicted octanol–water partition coefficient (Wildman–Crippen LogP) is 4.31. The van der Waals surface area contributed by atoms with Crippen LogP contribution in [0.25, 0.3) is 0 Å². The molecule has 2 heteroatoms. The summed E-state index contributed by atoms with van der Waals surface area (Å²) in [5.41, 5.74) is 1.29. The molecule has 19 heavy (non-hydrogen) atoms. The molecule has 1 saturated carbocycles. The van der Waals surface area contributed by atoms with E-state index in [1.165, 1.54) is 37.7 Å². The van der Waals surface area contributed by atoms with E-state index in [0.29, 0.717) is 6.04 Å². The standard InChI is InChI=1S/C17H33NO/c1-6-12-18-16(13-14(3)4)17(19-7-2)10-8-15(5)9-11-17/h15-16,18H,3,6-13H2,1-2,4-5H3. The van der Waals surface area contributed by atoms with Gasteiger partial charge in [0.2, 0.25) is 0 Å². The van der Waals surface area contributed by atoms with E-state index in [1.54, 1.807) is 0 Å². The normalized spacial score (nSPS) is 29.2. The maximum absolute atomic E-state index is 6.28.